The average molecular weight is 395 g/mol. The molecule has 0 aliphatic heterocycles. The fourth-order valence-corrected chi connectivity index (χ4v) is 2.54. The van der Waals surface area contributed by atoms with E-state index in [1.165, 1.54) is 44.1 Å². The van der Waals surface area contributed by atoms with Gasteiger partial charge in [0.1, 0.15) is 5.75 Å². The first-order valence-corrected chi connectivity index (χ1v) is 12.3. The zero-order chi connectivity index (χ0) is 22.4. The second-order valence-electron chi connectivity index (χ2n) is 7.41. The molecule has 1 fully saturated rings. The Balaban J connectivity index is -0.000000481. The Labute approximate surface area is 179 Å². The third-order valence-corrected chi connectivity index (χ3v) is 4.36. The van der Waals surface area contributed by atoms with Gasteiger partial charge in [0.15, 0.2) is 0 Å². The standard InChI is InChI=1S/C16H24O.C5H12.3C2H6/c1-13(2)12-17-16-10-8-15(9-11-16)14-6-4-3-5-7-14;1-4-5(2)3;3*1-2/h8-11,13-14H,3-7,12H2,1-2H3;5H,4H2,1-3H3;3*1-2H3. The van der Waals surface area contributed by atoms with Gasteiger partial charge >= 0.3 is 0 Å². The van der Waals surface area contributed by atoms with E-state index in [9.17, 15) is 0 Å². The molecule has 0 bridgehead atoms. The molecule has 0 radical (unpaired) electrons. The molecule has 1 heteroatoms. The Morgan fingerprint density at radius 2 is 1.18 bits per heavy atom. The van der Waals surface area contributed by atoms with Gasteiger partial charge in [-0.05, 0) is 48.3 Å². The maximum atomic E-state index is 5.71. The Kier molecular flexibility index (Phi) is 27.2. The van der Waals surface area contributed by atoms with Crippen molar-refractivity contribution in [1.82, 2.24) is 0 Å². The molecular weight excluding hydrogens is 340 g/mol. The van der Waals surface area contributed by atoms with Crippen LogP contribution in [0.4, 0.5) is 0 Å². The van der Waals surface area contributed by atoms with E-state index in [-0.39, 0.29) is 0 Å². The predicted molar refractivity (Wildman–Crippen MR) is 132 cm³/mol. The van der Waals surface area contributed by atoms with Crippen molar-refractivity contribution in [3.63, 3.8) is 0 Å². The molecule has 1 aliphatic carbocycles. The van der Waals surface area contributed by atoms with Crippen LogP contribution >= 0.6 is 0 Å². The first kappa shape index (κ1) is 31.7. The summed E-state index contributed by atoms with van der Waals surface area (Å²) < 4.78 is 5.71. The van der Waals surface area contributed by atoms with Crippen LogP contribution in [0.5, 0.6) is 5.75 Å². The second kappa shape index (κ2) is 24.1. The molecule has 1 nitrogen and oxygen atoms in total. The van der Waals surface area contributed by atoms with E-state index >= 15 is 0 Å². The fraction of sp³-hybridized carbons (Fsp3) is 0.778. The minimum absolute atomic E-state index is 0.591. The first-order valence-electron chi connectivity index (χ1n) is 12.3. The van der Waals surface area contributed by atoms with E-state index in [1.807, 2.05) is 41.5 Å². The van der Waals surface area contributed by atoms with Crippen LogP contribution < -0.4 is 4.74 Å². The SMILES string of the molecule is CC.CC.CC.CC(C)COc1ccc(C2CCCCC2)cc1.CCC(C)C. The van der Waals surface area contributed by atoms with Crippen molar-refractivity contribution in [2.45, 2.75) is 121 Å². The number of hydrogen-bond donors (Lipinski definition) is 0. The zero-order valence-electron chi connectivity index (χ0n) is 21.4. The molecule has 0 atom stereocenters. The smallest absolute Gasteiger partial charge is 0.119 e. The molecular formula is C27H54O. The lowest BCUT2D eigenvalue weighted by Gasteiger charge is -2.22. The molecule has 0 unspecified atom stereocenters. The first-order chi connectivity index (χ1) is 13.5. The molecule has 1 aliphatic rings. The number of rotatable bonds is 5. The van der Waals surface area contributed by atoms with Crippen LogP contribution in [0.2, 0.25) is 0 Å². The normalized spacial score (nSPS) is 12.9. The van der Waals surface area contributed by atoms with Gasteiger partial charge in [-0.15, -0.1) is 0 Å². The van der Waals surface area contributed by atoms with Crippen LogP contribution in [-0.4, -0.2) is 6.61 Å². The molecule has 0 amide bonds. The number of ether oxygens (including phenoxy) is 1. The minimum Gasteiger partial charge on any atom is -0.493 e. The van der Waals surface area contributed by atoms with E-state index in [2.05, 4.69) is 58.9 Å². The molecule has 0 spiro atoms. The lowest BCUT2D eigenvalue weighted by molar-refractivity contribution is 0.271. The molecule has 0 N–H and O–H groups in total. The van der Waals surface area contributed by atoms with E-state index in [4.69, 9.17) is 4.74 Å². The molecule has 0 aromatic heterocycles. The van der Waals surface area contributed by atoms with Gasteiger partial charge in [0, 0.05) is 0 Å². The van der Waals surface area contributed by atoms with Crippen LogP contribution in [0.25, 0.3) is 0 Å². The van der Waals surface area contributed by atoms with Crippen molar-refractivity contribution in [3.8, 4) is 5.75 Å². The summed E-state index contributed by atoms with van der Waals surface area (Å²) in [6.07, 6.45) is 8.26. The van der Waals surface area contributed by atoms with Crippen LogP contribution in [0.1, 0.15) is 126 Å². The fourth-order valence-electron chi connectivity index (χ4n) is 2.54. The highest BCUT2D eigenvalue weighted by Gasteiger charge is 2.15. The van der Waals surface area contributed by atoms with Gasteiger partial charge < -0.3 is 4.74 Å². The molecule has 28 heavy (non-hydrogen) atoms. The molecule has 168 valence electrons. The Morgan fingerprint density at radius 1 is 0.750 bits per heavy atom. The molecule has 1 aromatic rings. The van der Waals surface area contributed by atoms with Gasteiger partial charge in [0.05, 0.1) is 6.61 Å². The number of benzene rings is 1. The zero-order valence-corrected chi connectivity index (χ0v) is 21.4. The average Bonchev–Trinajstić information content (AvgIpc) is 2.78. The van der Waals surface area contributed by atoms with Gasteiger partial charge in [0.2, 0.25) is 0 Å². The van der Waals surface area contributed by atoms with Gasteiger partial charge in [0.25, 0.3) is 0 Å². The number of hydrogen-bond acceptors (Lipinski definition) is 1. The van der Waals surface area contributed by atoms with Crippen molar-refractivity contribution in [2.24, 2.45) is 11.8 Å². The monoisotopic (exact) mass is 394 g/mol. The highest BCUT2D eigenvalue weighted by molar-refractivity contribution is 5.29. The molecule has 1 saturated carbocycles. The van der Waals surface area contributed by atoms with Gasteiger partial charge in [-0.2, -0.15) is 0 Å². The summed E-state index contributed by atoms with van der Waals surface area (Å²) in [4.78, 5) is 0. The summed E-state index contributed by atoms with van der Waals surface area (Å²) in [5, 5.41) is 0. The molecule has 0 heterocycles. The lowest BCUT2D eigenvalue weighted by Crippen LogP contribution is -2.06. The van der Waals surface area contributed by atoms with Crippen LogP contribution in [0.15, 0.2) is 24.3 Å². The summed E-state index contributed by atoms with van der Waals surface area (Å²) in [6.45, 7) is 23.8. The lowest BCUT2D eigenvalue weighted by atomic mass is 9.84. The quantitative estimate of drug-likeness (QED) is 0.482. The van der Waals surface area contributed by atoms with Gasteiger partial charge in [-0.1, -0.05) is 114 Å². The van der Waals surface area contributed by atoms with E-state index in [1.54, 1.807) is 0 Å². The maximum Gasteiger partial charge on any atom is 0.119 e. The van der Waals surface area contributed by atoms with Crippen LogP contribution in [0, 0.1) is 11.8 Å². The third kappa shape index (κ3) is 18.4. The maximum absolute atomic E-state index is 5.71. The molecule has 2 rings (SSSR count). The Bertz CT molecular complexity index is 372. The predicted octanol–water partition coefficient (Wildman–Crippen LogP) is 9.90. The Morgan fingerprint density at radius 3 is 1.54 bits per heavy atom. The van der Waals surface area contributed by atoms with Crippen LogP contribution in [0.3, 0.4) is 0 Å². The van der Waals surface area contributed by atoms with Crippen molar-refractivity contribution in [3.05, 3.63) is 29.8 Å². The second-order valence-corrected chi connectivity index (χ2v) is 7.41. The summed E-state index contributed by atoms with van der Waals surface area (Å²) >= 11 is 0. The van der Waals surface area contributed by atoms with E-state index in [0.29, 0.717) is 5.92 Å². The topological polar surface area (TPSA) is 9.23 Å². The summed E-state index contributed by atoms with van der Waals surface area (Å²) in [5.41, 5.74) is 1.50. The highest BCUT2D eigenvalue weighted by atomic mass is 16.5. The summed E-state index contributed by atoms with van der Waals surface area (Å²) in [6, 6.07) is 8.77. The van der Waals surface area contributed by atoms with Crippen molar-refractivity contribution >= 4 is 0 Å². The summed E-state index contributed by atoms with van der Waals surface area (Å²) in [7, 11) is 0. The van der Waals surface area contributed by atoms with Crippen molar-refractivity contribution < 1.29 is 4.74 Å². The van der Waals surface area contributed by atoms with Crippen molar-refractivity contribution in [2.75, 3.05) is 6.61 Å². The summed E-state index contributed by atoms with van der Waals surface area (Å²) in [5.74, 6) is 3.28. The molecule has 0 saturated heterocycles. The molecule has 1 aromatic carbocycles. The van der Waals surface area contributed by atoms with Gasteiger partial charge in [-0.25, -0.2) is 0 Å². The third-order valence-electron chi connectivity index (χ3n) is 4.36. The van der Waals surface area contributed by atoms with Crippen molar-refractivity contribution in [1.29, 1.82) is 0 Å². The van der Waals surface area contributed by atoms with E-state index in [0.717, 1.165) is 24.2 Å². The Hall–Kier alpha value is -0.980. The highest BCUT2D eigenvalue weighted by Crippen LogP contribution is 2.33. The van der Waals surface area contributed by atoms with Crippen LogP contribution in [-0.2, 0) is 0 Å². The van der Waals surface area contributed by atoms with Gasteiger partial charge in [-0.3, -0.25) is 0 Å². The minimum atomic E-state index is 0.591. The van der Waals surface area contributed by atoms with E-state index < -0.39 is 0 Å². The largest absolute Gasteiger partial charge is 0.493 e.